The molecule has 0 aliphatic rings. The summed E-state index contributed by atoms with van der Waals surface area (Å²) in [5, 5.41) is 9.44. The molecule has 1 aromatic carbocycles. The molecule has 0 spiro atoms. The molecule has 98 valence electrons. The van der Waals surface area contributed by atoms with Crippen LogP contribution in [-0.4, -0.2) is 19.8 Å². The predicted octanol–water partition coefficient (Wildman–Crippen LogP) is 4.53. The monoisotopic (exact) mass is 318 g/mol. The van der Waals surface area contributed by atoms with Gasteiger partial charge in [0.15, 0.2) is 0 Å². The van der Waals surface area contributed by atoms with Gasteiger partial charge in [0.2, 0.25) is 0 Å². The first-order valence-electron chi connectivity index (χ1n) is 5.99. The molecule has 1 nitrogen and oxygen atoms in total. The molecular weight excluding hydrogens is 295 g/mol. The van der Waals surface area contributed by atoms with Crippen molar-refractivity contribution < 1.29 is 5.11 Å². The van der Waals surface area contributed by atoms with Crippen molar-refractivity contribution in [3.63, 3.8) is 0 Å². The maximum Gasteiger partial charge on any atom is -0.147 e. The average molecular weight is 319 g/mol. The zero-order valence-corrected chi connectivity index (χ0v) is 13.9. The SMILES string of the molecule is CCC(C(C)Cc1cccc(O)c1)[As](C)C.Cl. The Morgan fingerprint density at radius 3 is 2.41 bits per heavy atom. The summed E-state index contributed by atoms with van der Waals surface area (Å²) in [5.74, 6) is 1.13. The van der Waals surface area contributed by atoms with E-state index in [0.717, 1.165) is 17.0 Å². The maximum absolute atomic E-state index is 9.44. The van der Waals surface area contributed by atoms with Gasteiger partial charge in [-0.05, 0) is 0 Å². The first-order chi connectivity index (χ1) is 7.54. The summed E-state index contributed by atoms with van der Waals surface area (Å²) in [6, 6.07) is 7.69. The van der Waals surface area contributed by atoms with Crippen molar-refractivity contribution >= 4 is 27.1 Å². The molecule has 0 radical (unpaired) electrons. The Kier molecular flexibility index (Phi) is 7.99. The molecule has 0 aromatic heterocycles. The minimum Gasteiger partial charge on any atom is -0.147 e. The van der Waals surface area contributed by atoms with E-state index in [1.165, 1.54) is 12.0 Å². The molecule has 0 aliphatic carbocycles. The van der Waals surface area contributed by atoms with Gasteiger partial charge in [-0.1, -0.05) is 0 Å². The molecule has 0 fully saturated rings. The number of benzene rings is 1. The van der Waals surface area contributed by atoms with E-state index in [9.17, 15) is 5.11 Å². The molecule has 0 bridgehead atoms. The molecule has 0 saturated carbocycles. The van der Waals surface area contributed by atoms with Crippen LogP contribution in [-0.2, 0) is 6.42 Å². The fourth-order valence-corrected chi connectivity index (χ4v) is 6.36. The van der Waals surface area contributed by atoms with E-state index in [2.05, 4.69) is 31.3 Å². The third-order valence-electron chi connectivity index (χ3n) is 3.21. The van der Waals surface area contributed by atoms with Crippen LogP contribution in [0.15, 0.2) is 24.3 Å². The Bertz CT molecular complexity index is 328. The molecule has 0 aliphatic heterocycles. The molecule has 1 N–H and O–H groups in total. The molecule has 1 rings (SSSR count). The van der Waals surface area contributed by atoms with Crippen LogP contribution in [0.4, 0.5) is 0 Å². The Morgan fingerprint density at radius 1 is 1.29 bits per heavy atom. The number of hydrogen-bond acceptors (Lipinski definition) is 1. The zero-order chi connectivity index (χ0) is 12.1. The van der Waals surface area contributed by atoms with Crippen molar-refractivity contribution in [2.75, 3.05) is 0 Å². The third-order valence-corrected chi connectivity index (χ3v) is 7.82. The van der Waals surface area contributed by atoms with Crippen LogP contribution >= 0.6 is 12.4 Å². The minimum atomic E-state index is -0.624. The molecule has 0 amide bonds. The Morgan fingerprint density at radius 2 is 1.94 bits per heavy atom. The molecule has 0 heterocycles. The van der Waals surface area contributed by atoms with Crippen LogP contribution in [0.25, 0.3) is 0 Å². The van der Waals surface area contributed by atoms with E-state index in [1.807, 2.05) is 12.1 Å². The van der Waals surface area contributed by atoms with Gasteiger partial charge in [0.25, 0.3) is 0 Å². The molecule has 3 heteroatoms. The second-order valence-electron chi connectivity index (χ2n) is 4.79. The average Bonchev–Trinajstić information content (AvgIpc) is 2.17. The van der Waals surface area contributed by atoms with Gasteiger partial charge >= 0.3 is 104 Å². The van der Waals surface area contributed by atoms with Gasteiger partial charge in [-0.2, -0.15) is 0 Å². The second kappa shape index (κ2) is 8.06. The number of hydrogen-bond donors (Lipinski definition) is 1. The summed E-state index contributed by atoms with van der Waals surface area (Å²) in [5.41, 5.74) is 6.15. The summed E-state index contributed by atoms with van der Waals surface area (Å²) in [6.07, 6.45) is 2.40. The second-order valence-corrected chi connectivity index (χ2v) is 10.2. The van der Waals surface area contributed by atoms with Crippen LogP contribution in [0.3, 0.4) is 0 Å². The Hall–Kier alpha value is -0.132. The fraction of sp³-hybridized carbons (Fsp3) is 0.571. The van der Waals surface area contributed by atoms with Crippen LogP contribution in [0.5, 0.6) is 5.75 Å². The number of aromatic hydroxyl groups is 1. The summed E-state index contributed by atoms with van der Waals surface area (Å²) in [7, 11) is 0. The Balaban J connectivity index is 0.00000256. The van der Waals surface area contributed by atoms with Crippen LogP contribution < -0.4 is 0 Å². The minimum absolute atomic E-state index is 0. The molecule has 1 aromatic rings. The van der Waals surface area contributed by atoms with Gasteiger partial charge in [-0.25, -0.2) is 0 Å². The number of halogens is 1. The first-order valence-corrected chi connectivity index (χ1v) is 10.8. The quantitative estimate of drug-likeness (QED) is 0.791. The van der Waals surface area contributed by atoms with Crippen molar-refractivity contribution in [2.45, 2.75) is 42.8 Å². The summed E-state index contributed by atoms with van der Waals surface area (Å²) < 4.78 is 0.912. The van der Waals surface area contributed by atoms with Crippen molar-refractivity contribution in [3.05, 3.63) is 29.8 Å². The van der Waals surface area contributed by atoms with Gasteiger partial charge < -0.3 is 0 Å². The molecule has 2 atom stereocenters. The van der Waals surface area contributed by atoms with Gasteiger partial charge in [-0.3, -0.25) is 0 Å². The van der Waals surface area contributed by atoms with Crippen LogP contribution in [0, 0.1) is 5.92 Å². The van der Waals surface area contributed by atoms with Crippen molar-refractivity contribution in [3.8, 4) is 5.75 Å². The summed E-state index contributed by atoms with van der Waals surface area (Å²) in [4.78, 5) is 0. The van der Waals surface area contributed by atoms with Gasteiger partial charge in [0, 0.05) is 0 Å². The zero-order valence-electron chi connectivity index (χ0n) is 11.2. The van der Waals surface area contributed by atoms with Gasteiger partial charge in [0.1, 0.15) is 0 Å². The topological polar surface area (TPSA) is 20.2 Å². The molecule has 2 unspecified atom stereocenters. The molecule has 0 saturated heterocycles. The van der Waals surface area contributed by atoms with Crippen molar-refractivity contribution in [2.24, 2.45) is 5.92 Å². The summed E-state index contributed by atoms with van der Waals surface area (Å²) >= 11 is -0.624. The number of phenols is 1. The van der Waals surface area contributed by atoms with E-state index < -0.39 is 14.7 Å². The van der Waals surface area contributed by atoms with Gasteiger partial charge in [0.05, 0.1) is 0 Å². The van der Waals surface area contributed by atoms with E-state index in [4.69, 9.17) is 0 Å². The fourth-order valence-electron chi connectivity index (χ4n) is 2.47. The van der Waals surface area contributed by atoms with E-state index >= 15 is 0 Å². The maximum atomic E-state index is 9.44. The Labute approximate surface area is 116 Å². The van der Waals surface area contributed by atoms with Crippen LogP contribution in [0.1, 0.15) is 25.8 Å². The normalized spacial score (nSPS) is 14.2. The predicted molar refractivity (Wildman–Crippen MR) is 79.7 cm³/mol. The van der Waals surface area contributed by atoms with Crippen molar-refractivity contribution in [1.29, 1.82) is 0 Å². The van der Waals surface area contributed by atoms with Gasteiger partial charge in [-0.15, -0.1) is 12.4 Å². The van der Waals surface area contributed by atoms with E-state index in [-0.39, 0.29) is 12.4 Å². The standard InChI is InChI=1S/C14H23AsO.ClH/c1-5-14(15(3)4)11(2)9-12-7-6-8-13(16)10-12;/h6-8,10-11,14,16H,5,9H2,1-4H3;1H. The van der Waals surface area contributed by atoms with Crippen molar-refractivity contribution in [1.82, 2.24) is 0 Å². The van der Waals surface area contributed by atoms with E-state index in [0.29, 0.717) is 5.75 Å². The largest absolute Gasteiger partial charge is 0.147 e. The first kappa shape index (κ1) is 16.9. The molecule has 17 heavy (non-hydrogen) atoms. The summed E-state index contributed by atoms with van der Waals surface area (Å²) in [6.45, 7) is 4.66. The van der Waals surface area contributed by atoms with E-state index in [1.54, 1.807) is 6.07 Å². The molecular formula is C14H24AsClO. The third kappa shape index (κ3) is 5.36. The smallest absolute Gasteiger partial charge is 0.147 e. The number of phenolic OH excluding ortho intramolecular Hbond substituents is 1. The van der Waals surface area contributed by atoms with Crippen LogP contribution in [0.2, 0.25) is 16.1 Å². The number of rotatable bonds is 5.